The molecule has 23 heavy (non-hydrogen) atoms. The van der Waals surface area contributed by atoms with E-state index in [-0.39, 0.29) is 24.3 Å². The number of hydrogen-bond acceptors (Lipinski definition) is 2. The number of para-hydroxylation sites is 1. The normalized spacial score (nSPS) is 13.4. The number of benzene rings is 2. The maximum Gasteiger partial charge on any atom is 0.253 e. The molecule has 0 bridgehead atoms. The molecule has 1 fully saturated rings. The quantitative estimate of drug-likeness (QED) is 0.843. The van der Waals surface area contributed by atoms with Crippen molar-refractivity contribution in [3.8, 4) is 0 Å². The standard InChI is InChI=1S/C18H17BrN2O2/c19-13-7-5-12(6-8-13)11-17(22)21-16-4-2-1-3-15(16)18(23)20-14-9-10-14/h1-8,14H,9-11H2,(H,20,23)(H,21,22). The number of carbonyl (C=O) groups is 2. The van der Waals surface area contributed by atoms with E-state index in [9.17, 15) is 9.59 Å². The summed E-state index contributed by atoms with van der Waals surface area (Å²) in [5, 5.41) is 5.78. The molecule has 5 heteroatoms. The van der Waals surface area contributed by atoms with E-state index in [1.165, 1.54) is 0 Å². The number of nitrogens with one attached hydrogen (secondary N) is 2. The van der Waals surface area contributed by atoms with Crippen LogP contribution in [0.5, 0.6) is 0 Å². The molecule has 3 rings (SSSR count). The molecular formula is C18H17BrN2O2. The van der Waals surface area contributed by atoms with Crippen molar-refractivity contribution in [3.05, 3.63) is 64.1 Å². The third-order valence-corrected chi connectivity index (χ3v) is 4.16. The van der Waals surface area contributed by atoms with Crippen LogP contribution in [0.3, 0.4) is 0 Å². The minimum atomic E-state index is -0.140. The van der Waals surface area contributed by atoms with E-state index in [1.54, 1.807) is 18.2 Å². The van der Waals surface area contributed by atoms with E-state index < -0.39 is 0 Å². The average molecular weight is 373 g/mol. The number of amides is 2. The molecule has 2 N–H and O–H groups in total. The lowest BCUT2D eigenvalue weighted by molar-refractivity contribution is -0.115. The molecule has 0 atom stereocenters. The predicted molar refractivity (Wildman–Crippen MR) is 93.4 cm³/mol. The highest BCUT2D eigenvalue weighted by Crippen LogP contribution is 2.21. The lowest BCUT2D eigenvalue weighted by Gasteiger charge is -2.11. The largest absolute Gasteiger partial charge is 0.349 e. The minimum Gasteiger partial charge on any atom is -0.349 e. The molecule has 0 unspecified atom stereocenters. The second-order valence-corrected chi connectivity index (χ2v) is 6.56. The number of hydrogen-bond donors (Lipinski definition) is 2. The zero-order valence-corrected chi connectivity index (χ0v) is 14.1. The molecule has 1 saturated carbocycles. The number of halogens is 1. The lowest BCUT2D eigenvalue weighted by Crippen LogP contribution is -2.27. The fraction of sp³-hybridized carbons (Fsp3) is 0.222. The van der Waals surface area contributed by atoms with Crippen molar-refractivity contribution in [1.29, 1.82) is 0 Å². The third kappa shape index (κ3) is 4.42. The molecule has 1 aliphatic rings. The zero-order valence-electron chi connectivity index (χ0n) is 12.5. The van der Waals surface area contributed by atoms with E-state index in [1.807, 2.05) is 30.3 Å². The van der Waals surface area contributed by atoms with Gasteiger partial charge < -0.3 is 10.6 Å². The second-order valence-electron chi connectivity index (χ2n) is 5.64. The smallest absolute Gasteiger partial charge is 0.253 e. The van der Waals surface area contributed by atoms with E-state index >= 15 is 0 Å². The molecule has 0 heterocycles. The van der Waals surface area contributed by atoms with Crippen molar-refractivity contribution >= 4 is 33.4 Å². The molecule has 0 saturated heterocycles. The van der Waals surface area contributed by atoms with Crippen LogP contribution in [-0.2, 0) is 11.2 Å². The van der Waals surface area contributed by atoms with E-state index in [0.717, 1.165) is 22.9 Å². The fourth-order valence-electron chi connectivity index (χ4n) is 2.26. The molecular weight excluding hydrogens is 356 g/mol. The first-order valence-electron chi connectivity index (χ1n) is 7.56. The van der Waals surface area contributed by atoms with Gasteiger partial charge in [-0.25, -0.2) is 0 Å². The number of anilines is 1. The van der Waals surface area contributed by atoms with Crippen molar-refractivity contribution in [1.82, 2.24) is 5.32 Å². The summed E-state index contributed by atoms with van der Waals surface area (Å²) in [5.74, 6) is -0.272. The van der Waals surface area contributed by atoms with Gasteiger partial charge in [-0.1, -0.05) is 40.2 Å². The van der Waals surface area contributed by atoms with Gasteiger partial charge in [0.2, 0.25) is 5.91 Å². The first-order valence-corrected chi connectivity index (χ1v) is 8.35. The first kappa shape index (κ1) is 15.7. The van der Waals surface area contributed by atoms with Gasteiger partial charge in [-0.2, -0.15) is 0 Å². The van der Waals surface area contributed by atoms with Gasteiger partial charge in [-0.05, 0) is 42.7 Å². The van der Waals surface area contributed by atoms with Crippen LogP contribution >= 0.6 is 15.9 Å². The topological polar surface area (TPSA) is 58.2 Å². The van der Waals surface area contributed by atoms with Crippen molar-refractivity contribution in [2.75, 3.05) is 5.32 Å². The Morgan fingerprint density at radius 3 is 2.43 bits per heavy atom. The van der Waals surface area contributed by atoms with Crippen molar-refractivity contribution in [2.24, 2.45) is 0 Å². The summed E-state index contributed by atoms with van der Waals surface area (Å²) in [5.41, 5.74) is 1.97. The van der Waals surface area contributed by atoms with Crippen LogP contribution in [-0.4, -0.2) is 17.9 Å². The summed E-state index contributed by atoms with van der Waals surface area (Å²) in [7, 11) is 0. The van der Waals surface area contributed by atoms with Gasteiger partial charge in [0, 0.05) is 10.5 Å². The number of rotatable bonds is 5. The van der Waals surface area contributed by atoms with Crippen LogP contribution < -0.4 is 10.6 Å². The highest BCUT2D eigenvalue weighted by atomic mass is 79.9. The van der Waals surface area contributed by atoms with Gasteiger partial charge in [0.05, 0.1) is 17.7 Å². The van der Waals surface area contributed by atoms with E-state index in [0.29, 0.717) is 11.3 Å². The summed E-state index contributed by atoms with van der Waals surface area (Å²) in [4.78, 5) is 24.4. The molecule has 0 radical (unpaired) electrons. The summed E-state index contributed by atoms with van der Waals surface area (Å²) in [6, 6.07) is 15.0. The Hall–Kier alpha value is -2.14. The van der Waals surface area contributed by atoms with Gasteiger partial charge in [0.15, 0.2) is 0 Å². The first-order chi connectivity index (χ1) is 11.1. The maximum atomic E-state index is 12.2. The Morgan fingerprint density at radius 1 is 1.04 bits per heavy atom. The van der Waals surface area contributed by atoms with Gasteiger partial charge in [-0.15, -0.1) is 0 Å². The molecule has 4 nitrogen and oxygen atoms in total. The summed E-state index contributed by atoms with van der Waals surface area (Å²) in [6.07, 6.45) is 2.33. The highest BCUT2D eigenvalue weighted by molar-refractivity contribution is 9.10. The molecule has 0 spiro atoms. The van der Waals surface area contributed by atoms with Crippen LogP contribution in [0.25, 0.3) is 0 Å². The SMILES string of the molecule is O=C(Cc1ccc(Br)cc1)Nc1ccccc1C(=O)NC1CC1. The van der Waals surface area contributed by atoms with Crippen LogP contribution in [0.4, 0.5) is 5.69 Å². The van der Waals surface area contributed by atoms with Gasteiger partial charge in [0.1, 0.15) is 0 Å². The summed E-state index contributed by atoms with van der Waals surface area (Å²) >= 11 is 3.37. The third-order valence-electron chi connectivity index (χ3n) is 3.64. The molecule has 0 aliphatic heterocycles. The van der Waals surface area contributed by atoms with Crippen molar-refractivity contribution in [2.45, 2.75) is 25.3 Å². The molecule has 2 amide bonds. The zero-order chi connectivity index (χ0) is 16.2. The van der Waals surface area contributed by atoms with Crippen LogP contribution in [0.1, 0.15) is 28.8 Å². The van der Waals surface area contributed by atoms with Crippen LogP contribution in [0.2, 0.25) is 0 Å². The fourth-order valence-corrected chi connectivity index (χ4v) is 2.53. The minimum absolute atomic E-state index is 0.132. The van der Waals surface area contributed by atoms with E-state index in [2.05, 4.69) is 26.6 Å². The Labute approximate surface area is 143 Å². The Balaban J connectivity index is 1.67. The highest BCUT2D eigenvalue weighted by Gasteiger charge is 2.24. The van der Waals surface area contributed by atoms with Crippen LogP contribution in [0.15, 0.2) is 53.0 Å². The molecule has 2 aromatic carbocycles. The molecule has 118 valence electrons. The lowest BCUT2D eigenvalue weighted by atomic mass is 10.1. The van der Waals surface area contributed by atoms with Crippen LogP contribution in [0, 0.1) is 0 Å². The van der Waals surface area contributed by atoms with E-state index in [4.69, 9.17) is 0 Å². The Morgan fingerprint density at radius 2 is 1.74 bits per heavy atom. The Kier molecular flexibility index (Phi) is 4.76. The van der Waals surface area contributed by atoms with Crippen molar-refractivity contribution < 1.29 is 9.59 Å². The predicted octanol–water partition coefficient (Wildman–Crippen LogP) is 3.52. The summed E-state index contributed by atoms with van der Waals surface area (Å²) in [6.45, 7) is 0. The monoisotopic (exact) mass is 372 g/mol. The Bertz CT molecular complexity index is 724. The summed E-state index contributed by atoms with van der Waals surface area (Å²) < 4.78 is 0.976. The second kappa shape index (κ2) is 6.96. The number of carbonyl (C=O) groups excluding carboxylic acids is 2. The average Bonchev–Trinajstić information content (AvgIpc) is 3.34. The molecule has 1 aliphatic carbocycles. The molecule has 2 aromatic rings. The van der Waals surface area contributed by atoms with Crippen molar-refractivity contribution in [3.63, 3.8) is 0 Å². The molecule has 0 aromatic heterocycles. The van der Waals surface area contributed by atoms with Gasteiger partial charge >= 0.3 is 0 Å². The maximum absolute atomic E-state index is 12.2. The van der Waals surface area contributed by atoms with Gasteiger partial charge in [0.25, 0.3) is 5.91 Å². The van der Waals surface area contributed by atoms with Gasteiger partial charge in [-0.3, -0.25) is 9.59 Å².